The van der Waals surface area contributed by atoms with Crippen molar-refractivity contribution >= 4 is 17.6 Å². The fraction of sp³-hybridized carbons (Fsp3) is 0.400. The molecule has 0 spiro atoms. The van der Waals surface area contributed by atoms with Crippen LogP contribution in [-0.4, -0.2) is 28.8 Å². The molecule has 8 nitrogen and oxygen atoms in total. The molecule has 2 aromatic heterocycles. The zero-order chi connectivity index (χ0) is 17.0. The Balaban J connectivity index is 1.94. The number of hydrogen-bond acceptors (Lipinski definition) is 4. The second-order valence-electron chi connectivity index (χ2n) is 5.01. The third-order valence-electron chi connectivity index (χ3n) is 3.46. The molecule has 0 radical (unpaired) electrons. The van der Waals surface area contributed by atoms with E-state index in [1.165, 1.54) is 7.05 Å². The van der Waals surface area contributed by atoms with E-state index in [1.807, 2.05) is 25.5 Å². The van der Waals surface area contributed by atoms with Gasteiger partial charge in [0.25, 0.3) is 5.91 Å². The molecule has 0 atom stereocenters. The van der Waals surface area contributed by atoms with E-state index in [2.05, 4.69) is 21.0 Å². The summed E-state index contributed by atoms with van der Waals surface area (Å²) in [6.07, 6.45) is 0. The number of furan rings is 1. The summed E-state index contributed by atoms with van der Waals surface area (Å²) in [4.78, 5) is 23.4. The molecule has 2 aromatic rings. The molecule has 0 bridgehead atoms. The van der Waals surface area contributed by atoms with Gasteiger partial charge < -0.3 is 20.4 Å². The maximum atomic E-state index is 12.0. The van der Waals surface area contributed by atoms with Crippen LogP contribution < -0.4 is 16.0 Å². The minimum atomic E-state index is -0.357. The van der Waals surface area contributed by atoms with Crippen LogP contribution in [-0.2, 0) is 13.1 Å². The van der Waals surface area contributed by atoms with Crippen molar-refractivity contribution in [1.29, 1.82) is 0 Å². The van der Waals surface area contributed by atoms with Gasteiger partial charge in [-0.05, 0) is 32.9 Å². The average Bonchev–Trinajstić information content (AvgIpc) is 3.12. The second-order valence-corrected chi connectivity index (χ2v) is 5.01. The standard InChI is InChI=1S/C15H21N5O3/c1-5-20-10(3)13(9(2)19-20)18-15(22)17-8-11-6-7-12(23-11)14(21)16-4/h6-7H,5,8H2,1-4H3,(H,16,21)(H2,17,18,22). The molecule has 0 aliphatic heterocycles. The van der Waals surface area contributed by atoms with E-state index in [0.717, 1.165) is 17.9 Å². The highest BCUT2D eigenvalue weighted by atomic mass is 16.4. The van der Waals surface area contributed by atoms with E-state index in [4.69, 9.17) is 4.42 Å². The second kappa shape index (κ2) is 6.99. The van der Waals surface area contributed by atoms with Gasteiger partial charge in [0.05, 0.1) is 23.6 Å². The molecule has 8 heteroatoms. The van der Waals surface area contributed by atoms with Crippen LogP contribution in [0.4, 0.5) is 10.5 Å². The zero-order valence-electron chi connectivity index (χ0n) is 13.7. The molecule has 23 heavy (non-hydrogen) atoms. The number of urea groups is 1. The first-order chi connectivity index (χ1) is 11.0. The fourth-order valence-corrected chi connectivity index (χ4v) is 2.23. The minimum absolute atomic E-state index is 0.183. The Hall–Kier alpha value is -2.77. The van der Waals surface area contributed by atoms with Crippen LogP contribution in [0.2, 0.25) is 0 Å². The molecule has 2 heterocycles. The molecule has 3 amide bonds. The third kappa shape index (κ3) is 3.71. The largest absolute Gasteiger partial charge is 0.454 e. The molecule has 2 rings (SSSR count). The molecule has 0 saturated carbocycles. The molecular weight excluding hydrogens is 298 g/mol. The van der Waals surface area contributed by atoms with Gasteiger partial charge in [0, 0.05) is 13.6 Å². The van der Waals surface area contributed by atoms with Crippen LogP contribution in [0, 0.1) is 13.8 Å². The topological polar surface area (TPSA) is 101 Å². The zero-order valence-corrected chi connectivity index (χ0v) is 13.7. The highest BCUT2D eigenvalue weighted by molar-refractivity contribution is 5.91. The van der Waals surface area contributed by atoms with Gasteiger partial charge in [0.1, 0.15) is 5.76 Å². The monoisotopic (exact) mass is 319 g/mol. The van der Waals surface area contributed by atoms with Gasteiger partial charge in [-0.1, -0.05) is 0 Å². The molecule has 124 valence electrons. The Labute approximate surface area is 134 Å². The number of carbonyl (C=O) groups excluding carboxylic acids is 2. The van der Waals surface area contributed by atoms with Gasteiger partial charge in [0.15, 0.2) is 5.76 Å². The van der Waals surface area contributed by atoms with E-state index in [1.54, 1.807) is 12.1 Å². The van der Waals surface area contributed by atoms with Crippen LogP contribution in [0.25, 0.3) is 0 Å². The van der Waals surface area contributed by atoms with Crippen molar-refractivity contribution in [2.75, 3.05) is 12.4 Å². The van der Waals surface area contributed by atoms with Crippen LogP contribution >= 0.6 is 0 Å². The summed E-state index contributed by atoms with van der Waals surface area (Å²) < 4.78 is 7.16. The maximum Gasteiger partial charge on any atom is 0.319 e. The van der Waals surface area contributed by atoms with Gasteiger partial charge in [-0.2, -0.15) is 5.10 Å². The first kappa shape index (κ1) is 16.6. The van der Waals surface area contributed by atoms with Crippen molar-refractivity contribution in [2.24, 2.45) is 0 Å². The van der Waals surface area contributed by atoms with Crippen molar-refractivity contribution in [1.82, 2.24) is 20.4 Å². The van der Waals surface area contributed by atoms with Gasteiger partial charge >= 0.3 is 6.03 Å². The average molecular weight is 319 g/mol. The number of aryl methyl sites for hydroxylation is 2. The first-order valence-corrected chi connectivity index (χ1v) is 7.35. The predicted octanol–water partition coefficient (Wildman–Crippen LogP) is 1.79. The molecule has 0 saturated heterocycles. The highest BCUT2D eigenvalue weighted by Gasteiger charge is 2.14. The Kier molecular flexibility index (Phi) is 5.05. The Morgan fingerprint density at radius 1 is 1.30 bits per heavy atom. The highest BCUT2D eigenvalue weighted by Crippen LogP contribution is 2.19. The molecule has 0 unspecified atom stereocenters. The van der Waals surface area contributed by atoms with E-state index in [0.29, 0.717) is 11.4 Å². The van der Waals surface area contributed by atoms with E-state index in [9.17, 15) is 9.59 Å². The maximum absolute atomic E-state index is 12.0. The fourth-order valence-electron chi connectivity index (χ4n) is 2.23. The molecule has 0 fully saturated rings. The van der Waals surface area contributed by atoms with Gasteiger partial charge in [-0.3, -0.25) is 9.48 Å². The van der Waals surface area contributed by atoms with Crippen molar-refractivity contribution in [3.05, 3.63) is 35.0 Å². The summed E-state index contributed by atoms with van der Waals surface area (Å²) >= 11 is 0. The molecule has 0 aromatic carbocycles. The first-order valence-electron chi connectivity index (χ1n) is 7.35. The van der Waals surface area contributed by atoms with Crippen molar-refractivity contribution in [3.63, 3.8) is 0 Å². The lowest BCUT2D eigenvalue weighted by Gasteiger charge is -2.07. The number of hydrogen-bond donors (Lipinski definition) is 3. The number of amides is 3. The summed E-state index contributed by atoms with van der Waals surface area (Å²) in [5.41, 5.74) is 2.37. The SMILES string of the molecule is CCn1nc(C)c(NC(=O)NCc2ccc(C(=O)NC)o2)c1C. The number of anilines is 1. The van der Waals surface area contributed by atoms with Gasteiger partial charge in [-0.25, -0.2) is 4.79 Å². The normalized spacial score (nSPS) is 10.4. The third-order valence-corrected chi connectivity index (χ3v) is 3.46. The van der Waals surface area contributed by atoms with Crippen LogP contribution in [0.15, 0.2) is 16.5 Å². The van der Waals surface area contributed by atoms with Crippen LogP contribution in [0.5, 0.6) is 0 Å². The summed E-state index contributed by atoms with van der Waals surface area (Å²) in [5, 5.41) is 12.3. The quantitative estimate of drug-likeness (QED) is 0.782. The molecule has 0 aliphatic carbocycles. The molecule has 0 aliphatic rings. The lowest BCUT2D eigenvalue weighted by atomic mass is 10.3. The Bertz CT molecular complexity index is 717. The summed E-state index contributed by atoms with van der Waals surface area (Å²) in [6.45, 7) is 6.66. The molecule has 3 N–H and O–H groups in total. The van der Waals surface area contributed by atoms with E-state index >= 15 is 0 Å². The van der Waals surface area contributed by atoms with Crippen LogP contribution in [0.3, 0.4) is 0 Å². The number of aromatic nitrogens is 2. The van der Waals surface area contributed by atoms with Crippen molar-refractivity contribution in [3.8, 4) is 0 Å². The lowest BCUT2D eigenvalue weighted by Crippen LogP contribution is -2.28. The lowest BCUT2D eigenvalue weighted by molar-refractivity contribution is 0.0934. The Morgan fingerprint density at radius 3 is 2.65 bits per heavy atom. The number of rotatable bonds is 5. The van der Waals surface area contributed by atoms with Gasteiger partial charge in [-0.15, -0.1) is 0 Å². The summed E-state index contributed by atoms with van der Waals surface area (Å²) in [5.74, 6) is 0.399. The number of nitrogens with zero attached hydrogens (tertiary/aromatic N) is 2. The minimum Gasteiger partial charge on any atom is -0.454 e. The number of carbonyl (C=O) groups is 2. The predicted molar refractivity (Wildman–Crippen MR) is 85.3 cm³/mol. The van der Waals surface area contributed by atoms with Gasteiger partial charge in [0.2, 0.25) is 0 Å². The Morgan fingerprint density at radius 2 is 2.04 bits per heavy atom. The van der Waals surface area contributed by atoms with Crippen LogP contribution in [0.1, 0.15) is 34.6 Å². The summed E-state index contributed by atoms with van der Waals surface area (Å²) in [7, 11) is 1.53. The summed E-state index contributed by atoms with van der Waals surface area (Å²) in [6, 6.07) is 2.86. The number of nitrogens with one attached hydrogen (secondary N) is 3. The van der Waals surface area contributed by atoms with E-state index < -0.39 is 0 Å². The van der Waals surface area contributed by atoms with Crippen molar-refractivity contribution in [2.45, 2.75) is 33.9 Å². The van der Waals surface area contributed by atoms with Crippen molar-refractivity contribution < 1.29 is 14.0 Å². The smallest absolute Gasteiger partial charge is 0.319 e. The molecular formula is C15H21N5O3. The van der Waals surface area contributed by atoms with E-state index in [-0.39, 0.29) is 24.2 Å².